The number of hydrogen-bond donors (Lipinski definition) is 0. The maximum absolute atomic E-state index is 13.8. The maximum atomic E-state index is 13.8. The number of hydrogen-bond acceptors (Lipinski definition) is 6. The fourth-order valence-corrected chi connectivity index (χ4v) is 6.95. The number of thiazole rings is 1. The van der Waals surface area contributed by atoms with Crippen molar-refractivity contribution in [2.24, 2.45) is 0 Å². The molecule has 4 aromatic rings. The first-order valence-corrected chi connectivity index (χ1v) is 14.7. The van der Waals surface area contributed by atoms with Crippen LogP contribution in [0.1, 0.15) is 42.1 Å². The van der Waals surface area contributed by atoms with Crippen molar-refractivity contribution < 1.29 is 17.9 Å². The molecule has 9 heteroatoms. The third kappa shape index (κ3) is 5.53. The van der Waals surface area contributed by atoms with E-state index in [9.17, 15) is 13.2 Å². The monoisotopic (exact) mass is 535 g/mol. The van der Waals surface area contributed by atoms with Gasteiger partial charge in [0.25, 0.3) is 5.91 Å². The predicted molar refractivity (Wildman–Crippen MR) is 147 cm³/mol. The Balaban J connectivity index is 1.46. The van der Waals surface area contributed by atoms with Gasteiger partial charge in [0.1, 0.15) is 5.75 Å². The summed E-state index contributed by atoms with van der Waals surface area (Å²) >= 11 is 1.43. The predicted octanol–water partition coefficient (Wildman–Crippen LogP) is 5.72. The molecular weight excluding hydrogens is 506 g/mol. The Morgan fingerprint density at radius 1 is 1.00 bits per heavy atom. The number of fused-ring (bicyclic) bond motifs is 1. The second kappa shape index (κ2) is 11.0. The summed E-state index contributed by atoms with van der Waals surface area (Å²) in [5.74, 6) is 0.520. The first kappa shape index (κ1) is 25.4. The number of amides is 1. The Hall–Kier alpha value is -3.27. The van der Waals surface area contributed by atoms with Crippen molar-refractivity contribution in [1.29, 1.82) is 0 Å². The molecule has 0 unspecified atom stereocenters. The lowest BCUT2D eigenvalue weighted by molar-refractivity contribution is 0.0985. The number of aromatic nitrogens is 1. The van der Waals surface area contributed by atoms with Crippen molar-refractivity contribution in [3.63, 3.8) is 0 Å². The molecule has 1 aliphatic heterocycles. The fraction of sp³-hybridized carbons (Fsp3) is 0.286. The molecule has 1 aromatic heterocycles. The van der Waals surface area contributed by atoms with Crippen molar-refractivity contribution in [2.45, 2.75) is 37.6 Å². The van der Waals surface area contributed by atoms with Gasteiger partial charge >= 0.3 is 0 Å². The van der Waals surface area contributed by atoms with Gasteiger partial charge in [-0.2, -0.15) is 4.31 Å². The molecular formula is C28H29N3O4S2. The van der Waals surface area contributed by atoms with Gasteiger partial charge < -0.3 is 4.74 Å². The van der Waals surface area contributed by atoms with Gasteiger partial charge in [0.2, 0.25) is 10.0 Å². The number of carbonyl (C=O) groups excluding carboxylic acids is 1. The van der Waals surface area contributed by atoms with Crippen LogP contribution >= 0.6 is 11.3 Å². The van der Waals surface area contributed by atoms with Crippen LogP contribution in [0.4, 0.5) is 5.13 Å². The van der Waals surface area contributed by atoms with Crippen LogP contribution in [0.5, 0.6) is 5.75 Å². The largest absolute Gasteiger partial charge is 0.494 e. The molecule has 0 N–H and O–H groups in total. The van der Waals surface area contributed by atoms with Crippen LogP contribution in [0, 0.1) is 0 Å². The van der Waals surface area contributed by atoms with Crippen LogP contribution in [0.2, 0.25) is 0 Å². The van der Waals surface area contributed by atoms with Crippen molar-refractivity contribution in [3.05, 3.63) is 83.9 Å². The van der Waals surface area contributed by atoms with E-state index < -0.39 is 10.0 Å². The zero-order valence-corrected chi connectivity index (χ0v) is 22.3. The summed E-state index contributed by atoms with van der Waals surface area (Å²) in [5.41, 5.74) is 2.16. The molecule has 0 aliphatic carbocycles. The third-order valence-electron chi connectivity index (χ3n) is 6.37. The van der Waals surface area contributed by atoms with Crippen LogP contribution < -0.4 is 9.64 Å². The highest BCUT2D eigenvalue weighted by molar-refractivity contribution is 7.89. The van der Waals surface area contributed by atoms with E-state index in [1.54, 1.807) is 17.0 Å². The zero-order valence-electron chi connectivity index (χ0n) is 20.7. The van der Waals surface area contributed by atoms with Gasteiger partial charge in [0.15, 0.2) is 5.13 Å². The molecule has 0 saturated carbocycles. The van der Waals surface area contributed by atoms with Crippen LogP contribution in [-0.2, 0) is 16.6 Å². The Labute approximate surface area is 221 Å². The van der Waals surface area contributed by atoms with E-state index in [2.05, 4.69) is 0 Å². The van der Waals surface area contributed by atoms with Crippen LogP contribution in [0.3, 0.4) is 0 Å². The number of rotatable bonds is 8. The van der Waals surface area contributed by atoms with Gasteiger partial charge in [-0.3, -0.25) is 9.69 Å². The Morgan fingerprint density at radius 3 is 2.43 bits per heavy atom. The van der Waals surface area contributed by atoms with E-state index in [0.717, 1.165) is 40.8 Å². The van der Waals surface area contributed by atoms with Gasteiger partial charge in [-0.15, -0.1) is 0 Å². The molecule has 7 nitrogen and oxygen atoms in total. The van der Waals surface area contributed by atoms with Crippen molar-refractivity contribution >= 4 is 42.6 Å². The number of sulfonamides is 1. The standard InChI is InChI=1S/C28H29N3O4S2/c1-2-35-23-13-16-25-26(19-23)36-28(29-25)31(20-21-9-5-3-6-10-21)27(32)22-11-14-24(15-12-22)37(33,34)30-17-7-4-8-18-30/h3,5-6,9-16,19H,2,4,7-8,17-18,20H2,1H3. The Bertz CT molecular complexity index is 1480. The second-order valence-electron chi connectivity index (χ2n) is 8.93. The molecule has 0 spiro atoms. The Morgan fingerprint density at radius 2 is 1.73 bits per heavy atom. The van der Waals surface area contributed by atoms with E-state index in [1.807, 2.05) is 55.5 Å². The molecule has 192 valence electrons. The number of nitrogens with zero attached hydrogens (tertiary/aromatic N) is 3. The minimum absolute atomic E-state index is 0.212. The lowest BCUT2D eigenvalue weighted by Gasteiger charge is -2.26. The average Bonchev–Trinajstić information content (AvgIpc) is 3.36. The SMILES string of the molecule is CCOc1ccc2nc(N(Cc3ccccc3)C(=O)c3ccc(S(=O)(=O)N4CCCCC4)cc3)sc2c1. The third-order valence-corrected chi connectivity index (χ3v) is 9.33. The van der Waals surface area contributed by atoms with Crippen molar-refractivity contribution in [3.8, 4) is 5.75 Å². The number of carbonyl (C=O) groups is 1. The van der Waals surface area contributed by atoms with Crippen molar-refractivity contribution in [1.82, 2.24) is 9.29 Å². The van der Waals surface area contributed by atoms with Crippen LogP contribution in [0.15, 0.2) is 77.7 Å². The van der Waals surface area contributed by atoms with Gasteiger partial charge in [-0.25, -0.2) is 13.4 Å². The topological polar surface area (TPSA) is 79.8 Å². The second-order valence-corrected chi connectivity index (χ2v) is 11.9. The van der Waals surface area contributed by atoms with E-state index in [1.165, 1.54) is 27.8 Å². The quantitative estimate of drug-likeness (QED) is 0.288. The molecule has 1 saturated heterocycles. The molecule has 0 bridgehead atoms. The van der Waals surface area contributed by atoms with Crippen molar-refractivity contribution in [2.75, 3.05) is 24.6 Å². The first-order chi connectivity index (χ1) is 18.0. The fourth-order valence-electron chi connectivity index (χ4n) is 4.44. The molecule has 1 fully saturated rings. The molecule has 0 radical (unpaired) electrons. The summed E-state index contributed by atoms with van der Waals surface area (Å²) in [6.07, 6.45) is 2.80. The summed E-state index contributed by atoms with van der Waals surface area (Å²) in [5, 5.41) is 0.572. The van der Waals surface area contributed by atoms with E-state index in [-0.39, 0.29) is 10.8 Å². The van der Waals surface area contributed by atoms with Crippen LogP contribution in [-0.4, -0.2) is 43.3 Å². The zero-order chi connectivity index (χ0) is 25.8. The number of anilines is 1. The minimum atomic E-state index is -3.57. The summed E-state index contributed by atoms with van der Waals surface area (Å²) in [6.45, 7) is 3.92. The maximum Gasteiger partial charge on any atom is 0.260 e. The van der Waals surface area contributed by atoms with E-state index in [4.69, 9.17) is 9.72 Å². The van der Waals surface area contributed by atoms with Gasteiger partial charge in [-0.1, -0.05) is 48.1 Å². The molecule has 1 amide bonds. The smallest absolute Gasteiger partial charge is 0.260 e. The molecule has 37 heavy (non-hydrogen) atoms. The summed E-state index contributed by atoms with van der Waals surface area (Å²) < 4.78 is 34.2. The summed E-state index contributed by atoms with van der Waals surface area (Å²) in [6, 6.07) is 21.7. The number of piperidine rings is 1. The normalized spacial score (nSPS) is 14.5. The van der Waals surface area contributed by atoms with Gasteiger partial charge in [-0.05, 0) is 67.8 Å². The number of benzene rings is 3. The molecule has 5 rings (SSSR count). The molecule has 3 aromatic carbocycles. The lowest BCUT2D eigenvalue weighted by Crippen LogP contribution is -2.35. The molecule has 2 heterocycles. The first-order valence-electron chi connectivity index (χ1n) is 12.4. The Kier molecular flexibility index (Phi) is 7.55. The van der Waals surface area contributed by atoms with E-state index >= 15 is 0 Å². The molecule has 1 aliphatic rings. The average molecular weight is 536 g/mol. The molecule has 0 atom stereocenters. The van der Waals surface area contributed by atoms with Crippen LogP contribution in [0.25, 0.3) is 10.2 Å². The highest BCUT2D eigenvalue weighted by atomic mass is 32.2. The minimum Gasteiger partial charge on any atom is -0.494 e. The lowest BCUT2D eigenvalue weighted by atomic mass is 10.1. The summed E-state index contributed by atoms with van der Waals surface area (Å²) in [7, 11) is -3.57. The van der Waals surface area contributed by atoms with Gasteiger partial charge in [0.05, 0.1) is 28.3 Å². The van der Waals surface area contributed by atoms with E-state index in [0.29, 0.717) is 36.9 Å². The van der Waals surface area contributed by atoms with Gasteiger partial charge in [0, 0.05) is 18.7 Å². The number of ether oxygens (including phenoxy) is 1. The summed E-state index contributed by atoms with van der Waals surface area (Å²) in [4.78, 5) is 20.4. The highest BCUT2D eigenvalue weighted by Gasteiger charge is 2.27. The highest BCUT2D eigenvalue weighted by Crippen LogP contribution is 2.33.